The first kappa shape index (κ1) is 12.0. The highest BCUT2D eigenvalue weighted by molar-refractivity contribution is 4.70. The summed E-state index contributed by atoms with van der Waals surface area (Å²) in [6.07, 6.45) is 1.30. The zero-order valence-electron chi connectivity index (χ0n) is 9.35. The third-order valence-corrected chi connectivity index (χ3v) is 2.86. The summed E-state index contributed by atoms with van der Waals surface area (Å²) < 4.78 is 0. The van der Waals surface area contributed by atoms with Crippen LogP contribution in [0.2, 0.25) is 0 Å². The van der Waals surface area contributed by atoms with Gasteiger partial charge >= 0.3 is 0 Å². The highest BCUT2D eigenvalue weighted by atomic mass is 14.8. The van der Waals surface area contributed by atoms with Crippen molar-refractivity contribution in [1.82, 2.24) is 5.32 Å². The van der Waals surface area contributed by atoms with Crippen LogP contribution in [-0.4, -0.2) is 13.1 Å². The first-order valence-corrected chi connectivity index (χ1v) is 5.34. The van der Waals surface area contributed by atoms with Gasteiger partial charge < -0.3 is 5.32 Å². The molecule has 12 heavy (non-hydrogen) atoms. The van der Waals surface area contributed by atoms with E-state index in [1.165, 1.54) is 13.0 Å². The standard InChI is InChI=1S/C11H25N/c1-6-10(5)11(9(3)4)8-12-7-2/h9-12H,6-8H2,1-5H3. The quantitative estimate of drug-likeness (QED) is 0.648. The molecule has 0 saturated carbocycles. The fraction of sp³-hybridized carbons (Fsp3) is 1.00. The van der Waals surface area contributed by atoms with Crippen LogP contribution in [-0.2, 0) is 0 Å². The molecule has 0 bridgehead atoms. The van der Waals surface area contributed by atoms with Crippen LogP contribution >= 0.6 is 0 Å². The molecule has 0 aromatic heterocycles. The Labute approximate surface area is 77.9 Å². The van der Waals surface area contributed by atoms with Gasteiger partial charge in [-0.05, 0) is 30.8 Å². The Balaban J connectivity index is 3.85. The van der Waals surface area contributed by atoms with Gasteiger partial charge in [0, 0.05) is 0 Å². The molecule has 1 heteroatoms. The van der Waals surface area contributed by atoms with Crippen LogP contribution in [0.1, 0.15) is 41.0 Å². The van der Waals surface area contributed by atoms with E-state index in [1.807, 2.05) is 0 Å². The summed E-state index contributed by atoms with van der Waals surface area (Å²) in [4.78, 5) is 0. The zero-order chi connectivity index (χ0) is 9.56. The second-order valence-electron chi connectivity index (χ2n) is 4.10. The van der Waals surface area contributed by atoms with Gasteiger partial charge in [-0.2, -0.15) is 0 Å². The van der Waals surface area contributed by atoms with Crippen molar-refractivity contribution in [3.05, 3.63) is 0 Å². The summed E-state index contributed by atoms with van der Waals surface area (Å²) in [6, 6.07) is 0. The molecule has 0 saturated heterocycles. The Morgan fingerprint density at radius 2 is 1.67 bits per heavy atom. The van der Waals surface area contributed by atoms with Gasteiger partial charge in [-0.25, -0.2) is 0 Å². The Kier molecular flexibility index (Phi) is 6.45. The lowest BCUT2D eigenvalue weighted by Crippen LogP contribution is -2.30. The van der Waals surface area contributed by atoms with Gasteiger partial charge in [-0.15, -0.1) is 0 Å². The van der Waals surface area contributed by atoms with E-state index in [9.17, 15) is 0 Å². The van der Waals surface area contributed by atoms with Crippen molar-refractivity contribution in [2.24, 2.45) is 17.8 Å². The third-order valence-electron chi connectivity index (χ3n) is 2.86. The highest BCUT2D eigenvalue weighted by Gasteiger charge is 2.18. The van der Waals surface area contributed by atoms with Crippen molar-refractivity contribution in [2.45, 2.75) is 41.0 Å². The molecule has 0 aliphatic rings. The predicted molar refractivity (Wildman–Crippen MR) is 56.3 cm³/mol. The third kappa shape index (κ3) is 4.10. The van der Waals surface area contributed by atoms with E-state index in [1.54, 1.807) is 0 Å². The van der Waals surface area contributed by atoms with E-state index in [4.69, 9.17) is 0 Å². The zero-order valence-corrected chi connectivity index (χ0v) is 9.35. The summed E-state index contributed by atoms with van der Waals surface area (Å²) in [5, 5.41) is 3.44. The van der Waals surface area contributed by atoms with E-state index < -0.39 is 0 Å². The molecule has 0 radical (unpaired) electrons. The maximum Gasteiger partial charge on any atom is -0.00156 e. The molecule has 2 atom stereocenters. The molecule has 0 rings (SSSR count). The first-order chi connectivity index (χ1) is 5.63. The highest BCUT2D eigenvalue weighted by Crippen LogP contribution is 2.22. The monoisotopic (exact) mass is 171 g/mol. The van der Waals surface area contributed by atoms with Crippen LogP contribution in [0, 0.1) is 17.8 Å². The van der Waals surface area contributed by atoms with E-state index in [0.717, 1.165) is 24.3 Å². The van der Waals surface area contributed by atoms with Gasteiger partial charge in [0.05, 0.1) is 0 Å². The molecule has 1 N–H and O–H groups in total. The maximum atomic E-state index is 3.44. The molecule has 0 aromatic carbocycles. The molecule has 1 nitrogen and oxygen atoms in total. The summed E-state index contributed by atoms with van der Waals surface area (Å²) >= 11 is 0. The summed E-state index contributed by atoms with van der Waals surface area (Å²) in [6.45, 7) is 13.8. The van der Waals surface area contributed by atoms with Crippen molar-refractivity contribution in [1.29, 1.82) is 0 Å². The molecule has 0 fully saturated rings. The topological polar surface area (TPSA) is 12.0 Å². The average molecular weight is 171 g/mol. The van der Waals surface area contributed by atoms with Crippen molar-refractivity contribution in [3.63, 3.8) is 0 Å². The van der Waals surface area contributed by atoms with Gasteiger partial charge in [0.15, 0.2) is 0 Å². The summed E-state index contributed by atoms with van der Waals surface area (Å²) in [5.41, 5.74) is 0. The lowest BCUT2D eigenvalue weighted by Gasteiger charge is -2.26. The van der Waals surface area contributed by atoms with Gasteiger partial charge in [0.25, 0.3) is 0 Å². The number of rotatable bonds is 6. The van der Waals surface area contributed by atoms with E-state index in [2.05, 4.69) is 39.9 Å². The average Bonchev–Trinajstić information content (AvgIpc) is 2.04. The minimum atomic E-state index is 0.805. The Morgan fingerprint density at radius 1 is 1.08 bits per heavy atom. The van der Waals surface area contributed by atoms with Crippen molar-refractivity contribution >= 4 is 0 Å². The van der Waals surface area contributed by atoms with E-state index >= 15 is 0 Å². The van der Waals surface area contributed by atoms with Crippen LogP contribution in [0.5, 0.6) is 0 Å². The van der Waals surface area contributed by atoms with Gasteiger partial charge in [-0.1, -0.05) is 41.0 Å². The molecule has 0 heterocycles. The lowest BCUT2D eigenvalue weighted by molar-refractivity contribution is 0.256. The summed E-state index contributed by atoms with van der Waals surface area (Å²) in [5.74, 6) is 2.50. The molecule has 0 amide bonds. The molecule has 74 valence electrons. The molecule has 0 aliphatic heterocycles. The molecule has 0 aromatic rings. The summed E-state index contributed by atoms with van der Waals surface area (Å²) in [7, 11) is 0. The second kappa shape index (κ2) is 6.47. The van der Waals surface area contributed by atoms with Gasteiger partial charge in [-0.3, -0.25) is 0 Å². The Bertz CT molecular complexity index is 99.2. The minimum absolute atomic E-state index is 0.805. The van der Waals surface area contributed by atoms with Crippen molar-refractivity contribution < 1.29 is 0 Å². The normalized spacial score (nSPS) is 16.5. The molecular weight excluding hydrogens is 146 g/mol. The molecular formula is C11H25N. The molecule has 0 spiro atoms. The van der Waals surface area contributed by atoms with Crippen LogP contribution in [0.25, 0.3) is 0 Å². The largest absolute Gasteiger partial charge is 0.317 e. The predicted octanol–water partition coefficient (Wildman–Crippen LogP) is 2.91. The Morgan fingerprint density at radius 3 is 2.00 bits per heavy atom. The Hall–Kier alpha value is -0.0400. The number of hydrogen-bond acceptors (Lipinski definition) is 1. The fourth-order valence-corrected chi connectivity index (χ4v) is 1.71. The van der Waals surface area contributed by atoms with Crippen molar-refractivity contribution in [2.75, 3.05) is 13.1 Å². The minimum Gasteiger partial charge on any atom is -0.317 e. The lowest BCUT2D eigenvalue weighted by atomic mass is 9.83. The smallest absolute Gasteiger partial charge is 0.00156 e. The van der Waals surface area contributed by atoms with Crippen LogP contribution in [0.3, 0.4) is 0 Å². The van der Waals surface area contributed by atoms with E-state index in [0.29, 0.717) is 0 Å². The fourth-order valence-electron chi connectivity index (χ4n) is 1.71. The van der Waals surface area contributed by atoms with Crippen LogP contribution in [0.4, 0.5) is 0 Å². The number of hydrogen-bond donors (Lipinski definition) is 1. The number of nitrogens with one attached hydrogen (secondary N) is 1. The molecule has 2 unspecified atom stereocenters. The van der Waals surface area contributed by atoms with Gasteiger partial charge in [0.2, 0.25) is 0 Å². The van der Waals surface area contributed by atoms with Crippen LogP contribution < -0.4 is 5.32 Å². The van der Waals surface area contributed by atoms with Gasteiger partial charge in [0.1, 0.15) is 0 Å². The molecule has 0 aliphatic carbocycles. The SMILES string of the molecule is CCNCC(C(C)C)C(C)CC. The first-order valence-electron chi connectivity index (χ1n) is 5.34. The van der Waals surface area contributed by atoms with Crippen molar-refractivity contribution in [3.8, 4) is 0 Å². The second-order valence-corrected chi connectivity index (χ2v) is 4.10. The van der Waals surface area contributed by atoms with E-state index in [-0.39, 0.29) is 0 Å². The van der Waals surface area contributed by atoms with Crippen LogP contribution in [0.15, 0.2) is 0 Å². The maximum absolute atomic E-state index is 3.44.